The summed E-state index contributed by atoms with van der Waals surface area (Å²) in [5.74, 6) is -0.796. The largest absolute Gasteiger partial charge is 1.00 e. The Hall–Kier alpha value is 0.820. The van der Waals surface area contributed by atoms with E-state index in [0.717, 1.165) is 0 Å². The van der Waals surface area contributed by atoms with E-state index in [4.69, 9.17) is 4.89 Å². The molecule has 11 heavy (non-hydrogen) atoms. The fraction of sp³-hybridized carbons (Fsp3) is 0.800. The predicted octanol–water partition coefficient (Wildman–Crippen LogP) is -3.24. The van der Waals surface area contributed by atoms with Crippen LogP contribution in [0.25, 0.3) is 0 Å². The Bertz CT molecular complexity index is 173. The second-order valence-electron chi connectivity index (χ2n) is 2.42. The second kappa shape index (κ2) is 5.46. The first-order valence-corrected chi connectivity index (χ1v) is 4.65. The minimum absolute atomic E-state index is 0. The maximum atomic E-state index is 10.6. The van der Waals surface area contributed by atoms with Crippen molar-refractivity contribution >= 4 is 13.4 Å². The first-order valence-electron chi connectivity index (χ1n) is 2.88. The summed E-state index contributed by atoms with van der Waals surface area (Å²) in [6.45, 7) is 3.16. The molecule has 6 heteroatoms. The summed E-state index contributed by atoms with van der Waals surface area (Å²) in [4.78, 5) is 29.0. The Kier molecular flexibility index (Phi) is 7.13. The molecule has 0 bridgehead atoms. The molecule has 1 unspecified atom stereocenters. The van der Waals surface area contributed by atoms with Gasteiger partial charge in [-0.1, -0.05) is 13.8 Å². The van der Waals surface area contributed by atoms with Crippen LogP contribution in [0.1, 0.15) is 13.8 Å². The summed E-state index contributed by atoms with van der Waals surface area (Å²) in [7, 11) is -4.38. The Morgan fingerprint density at radius 2 is 2.00 bits per heavy atom. The number of carbonyl (C=O) groups is 1. The van der Waals surface area contributed by atoms with Crippen LogP contribution in [0.4, 0.5) is 0 Å². The van der Waals surface area contributed by atoms with Gasteiger partial charge in [0.05, 0.1) is 6.16 Å². The Morgan fingerprint density at radius 1 is 1.64 bits per heavy atom. The van der Waals surface area contributed by atoms with Crippen LogP contribution in [0, 0.1) is 5.92 Å². The van der Waals surface area contributed by atoms with Gasteiger partial charge in [0.25, 0.3) is 0 Å². The van der Waals surface area contributed by atoms with E-state index in [-0.39, 0.29) is 35.5 Å². The number of hydrogen-bond donors (Lipinski definition) is 1. The quantitative estimate of drug-likeness (QED) is 0.373. The third-order valence-corrected chi connectivity index (χ3v) is 1.71. The van der Waals surface area contributed by atoms with E-state index >= 15 is 0 Å². The SMILES string of the molecule is CC(C)C(=O)CP(=O)([O-])O.[Na+]. The number of hydrogen-bond acceptors (Lipinski definition) is 3. The van der Waals surface area contributed by atoms with Gasteiger partial charge in [0.2, 0.25) is 0 Å². The average molecular weight is 188 g/mol. The molecule has 1 N–H and O–H groups in total. The van der Waals surface area contributed by atoms with Crippen LogP contribution in [0.5, 0.6) is 0 Å². The normalized spacial score (nSPS) is 15.4. The molecule has 0 rings (SSSR count). The van der Waals surface area contributed by atoms with Gasteiger partial charge < -0.3 is 14.4 Å². The van der Waals surface area contributed by atoms with Gasteiger partial charge in [-0.3, -0.25) is 4.79 Å². The van der Waals surface area contributed by atoms with Crippen molar-refractivity contribution in [2.24, 2.45) is 5.92 Å². The van der Waals surface area contributed by atoms with E-state index in [1.54, 1.807) is 13.8 Å². The molecule has 0 aromatic heterocycles. The molecule has 0 fully saturated rings. The topological polar surface area (TPSA) is 77.4 Å². The maximum Gasteiger partial charge on any atom is 1.00 e. The van der Waals surface area contributed by atoms with Crippen molar-refractivity contribution in [2.75, 3.05) is 6.16 Å². The molecule has 60 valence electrons. The van der Waals surface area contributed by atoms with Crippen molar-refractivity contribution in [3.05, 3.63) is 0 Å². The first-order chi connectivity index (χ1) is 4.33. The van der Waals surface area contributed by atoms with Gasteiger partial charge in [0.1, 0.15) is 13.4 Å². The summed E-state index contributed by atoms with van der Waals surface area (Å²) in [6, 6.07) is 0. The van der Waals surface area contributed by atoms with Gasteiger partial charge >= 0.3 is 29.6 Å². The van der Waals surface area contributed by atoms with Crippen LogP contribution in [0.3, 0.4) is 0 Å². The average Bonchev–Trinajstić information content (AvgIpc) is 1.60. The van der Waals surface area contributed by atoms with Crippen LogP contribution in [0.2, 0.25) is 0 Å². The summed E-state index contributed by atoms with van der Waals surface area (Å²) in [5.41, 5.74) is 0. The van der Waals surface area contributed by atoms with E-state index in [2.05, 4.69) is 0 Å². The molecule has 0 aromatic carbocycles. The first kappa shape index (κ1) is 14.3. The molecule has 0 aliphatic heterocycles. The Labute approximate surface area is 87.8 Å². The van der Waals surface area contributed by atoms with Gasteiger partial charge in [-0.25, -0.2) is 0 Å². The smallest absolute Gasteiger partial charge is 0.778 e. The zero-order valence-corrected chi connectivity index (χ0v) is 9.80. The Balaban J connectivity index is 0. The standard InChI is InChI=1S/C5H11O4P.Na/c1-4(2)5(6)3-10(7,8)9;/h4H,3H2,1-2H3,(H2,7,8,9);/q;+1/p-1. The summed E-state index contributed by atoms with van der Waals surface area (Å²) >= 11 is 0. The Morgan fingerprint density at radius 3 is 2.09 bits per heavy atom. The second-order valence-corrected chi connectivity index (χ2v) is 4.01. The third kappa shape index (κ3) is 8.73. The van der Waals surface area contributed by atoms with Crippen molar-refractivity contribution in [1.29, 1.82) is 0 Å². The number of carbonyl (C=O) groups excluding carboxylic acids is 1. The molecule has 0 spiro atoms. The van der Waals surface area contributed by atoms with E-state index in [1.807, 2.05) is 0 Å². The summed E-state index contributed by atoms with van der Waals surface area (Å²) in [5, 5.41) is 0. The molecule has 0 saturated heterocycles. The molecule has 0 aliphatic rings. The number of ketones is 1. The van der Waals surface area contributed by atoms with Crippen LogP contribution in [0.15, 0.2) is 0 Å². The molecule has 0 aliphatic carbocycles. The number of rotatable bonds is 3. The van der Waals surface area contributed by atoms with Crippen molar-refractivity contribution in [1.82, 2.24) is 0 Å². The van der Waals surface area contributed by atoms with Crippen LogP contribution in [-0.4, -0.2) is 16.8 Å². The molecular weight excluding hydrogens is 178 g/mol. The summed E-state index contributed by atoms with van der Waals surface area (Å²) < 4.78 is 10.1. The summed E-state index contributed by atoms with van der Waals surface area (Å²) in [6.07, 6.45) is -0.745. The zero-order chi connectivity index (χ0) is 8.36. The molecule has 0 aromatic rings. The molecule has 0 heterocycles. The maximum absolute atomic E-state index is 10.6. The number of Topliss-reactive ketones (excluding diaryl/α,β-unsaturated/α-hetero) is 1. The zero-order valence-electron chi connectivity index (χ0n) is 6.90. The van der Waals surface area contributed by atoms with Gasteiger partial charge in [-0.05, 0) is 0 Å². The van der Waals surface area contributed by atoms with E-state index < -0.39 is 19.5 Å². The van der Waals surface area contributed by atoms with Crippen LogP contribution in [-0.2, 0) is 9.36 Å². The van der Waals surface area contributed by atoms with Crippen LogP contribution >= 0.6 is 7.60 Å². The van der Waals surface area contributed by atoms with Gasteiger partial charge in [-0.15, -0.1) is 0 Å². The monoisotopic (exact) mass is 188 g/mol. The fourth-order valence-corrected chi connectivity index (χ4v) is 1.14. The minimum Gasteiger partial charge on any atom is -0.778 e. The van der Waals surface area contributed by atoms with Gasteiger partial charge in [0, 0.05) is 5.92 Å². The van der Waals surface area contributed by atoms with Crippen molar-refractivity contribution in [2.45, 2.75) is 13.8 Å². The molecular formula is C5H10NaO4P. The minimum atomic E-state index is -4.38. The van der Waals surface area contributed by atoms with Crippen molar-refractivity contribution in [3.8, 4) is 0 Å². The van der Waals surface area contributed by atoms with Crippen LogP contribution < -0.4 is 34.5 Å². The molecule has 4 nitrogen and oxygen atoms in total. The fourth-order valence-electron chi connectivity index (χ4n) is 0.380. The van der Waals surface area contributed by atoms with E-state index in [1.165, 1.54) is 0 Å². The van der Waals surface area contributed by atoms with E-state index in [9.17, 15) is 14.3 Å². The molecule has 0 saturated carbocycles. The third-order valence-electron chi connectivity index (χ3n) is 1.000. The molecule has 0 amide bonds. The molecule has 0 radical (unpaired) electrons. The van der Waals surface area contributed by atoms with Crippen molar-refractivity contribution in [3.63, 3.8) is 0 Å². The predicted molar refractivity (Wildman–Crippen MR) is 34.5 cm³/mol. The van der Waals surface area contributed by atoms with Crippen molar-refractivity contribution < 1.29 is 48.7 Å². The van der Waals surface area contributed by atoms with E-state index in [0.29, 0.717) is 0 Å². The molecule has 1 atom stereocenters. The van der Waals surface area contributed by atoms with Gasteiger partial charge in [-0.2, -0.15) is 0 Å². The van der Waals surface area contributed by atoms with Gasteiger partial charge in [0.15, 0.2) is 0 Å².